The molecule has 0 bridgehead atoms. The van der Waals surface area contributed by atoms with E-state index in [-0.39, 0.29) is 29.9 Å². The Morgan fingerprint density at radius 2 is 1.81 bits per heavy atom. The predicted molar refractivity (Wildman–Crippen MR) is 57.2 cm³/mol. The van der Waals surface area contributed by atoms with Crippen LogP contribution in [-0.4, -0.2) is 11.6 Å². The number of esters is 1. The number of ether oxygens (including phenoxy) is 1. The smallest absolute Gasteiger partial charge is 0.310 e. The van der Waals surface area contributed by atoms with Crippen molar-refractivity contribution in [2.24, 2.45) is 7.05 Å². The van der Waals surface area contributed by atoms with Crippen molar-refractivity contribution < 1.29 is 38.1 Å². The Kier molecular flexibility index (Phi) is 5.92. The minimum Gasteiger partial charge on any atom is -1.00 e. The quantitative estimate of drug-likeness (QED) is 0.370. The summed E-state index contributed by atoms with van der Waals surface area (Å²) in [4.78, 5) is 11.5. The highest BCUT2D eigenvalue weighted by molar-refractivity contribution is 5.72. The van der Waals surface area contributed by atoms with Gasteiger partial charge in [-0.2, -0.15) is 0 Å². The second-order valence-corrected chi connectivity index (χ2v) is 4.64. The van der Waals surface area contributed by atoms with Crippen LogP contribution >= 0.6 is 0 Å². The zero-order valence-electron chi connectivity index (χ0n) is 10.2. The summed E-state index contributed by atoms with van der Waals surface area (Å²) in [5.41, 5.74) is 0.568. The summed E-state index contributed by atoms with van der Waals surface area (Å²) in [6.07, 6.45) is 4.16. The van der Waals surface area contributed by atoms with E-state index in [1.807, 2.05) is 56.9 Å². The molecule has 0 N–H and O–H groups in total. The minimum atomic E-state index is -0.406. The number of nitrogens with zero attached hydrogens (tertiary/aromatic N) is 1. The van der Waals surface area contributed by atoms with Crippen LogP contribution in [0.25, 0.3) is 0 Å². The van der Waals surface area contributed by atoms with Crippen molar-refractivity contribution in [3.05, 3.63) is 30.1 Å². The van der Waals surface area contributed by atoms with Gasteiger partial charge in [-0.15, -0.1) is 0 Å². The maximum atomic E-state index is 11.5. The Labute approximate surface area is 114 Å². The lowest BCUT2D eigenvalue weighted by Gasteiger charge is -2.19. The van der Waals surface area contributed by atoms with Crippen molar-refractivity contribution in [3.8, 4) is 0 Å². The Bertz CT molecular complexity index is 341. The molecule has 0 aliphatic rings. The standard InChI is InChI=1S/C12H18NO2.HI/c1-12(2,3)15-11(14)9-10-5-7-13(4)8-6-10;/h5-8H,9H2,1-4H3;1H/q+1;/p-1. The topological polar surface area (TPSA) is 30.2 Å². The lowest BCUT2D eigenvalue weighted by atomic mass is 10.1. The van der Waals surface area contributed by atoms with Crippen LogP contribution in [0.1, 0.15) is 26.3 Å². The van der Waals surface area contributed by atoms with Crippen LogP contribution in [0.3, 0.4) is 0 Å². The molecular weight excluding hydrogens is 317 g/mol. The Morgan fingerprint density at radius 1 is 1.31 bits per heavy atom. The molecule has 3 nitrogen and oxygen atoms in total. The Balaban J connectivity index is 0.00000225. The number of aromatic nitrogens is 1. The van der Waals surface area contributed by atoms with E-state index in [4.69, 9.17) is 4.74 Å². The molecule has 4 heteroatoms. The Hall–Kier alpha value is -0.650. The number of carbonyl (C=O) groups is 1. The average molecular weight is 335 g/mol. The van der Waals surface area contributed by atoms with Crippen molar-refractivity contribution in [1.29, 1.82) is 0 Å². The van der Waals surface area contributed by atoms with E-state index >= 15 is 0 Å². The van der Waals surface area contributed by atoms with Gasteiger partial charge in [0.05, 0.1) is 6.42 Å². The molecule has 0 amide bonds. The summed E-state index contributed by atoms with van der Waals surface area (Å²) in [5.74, 6) is -0.184. The molecule has 0 radical (unpaired) electrons. The van der Waals surface area contributed by atoms with E-state index in [9.17, 15) is 4.79 Å². The van der Waals surface area contributed by atoms with E-state index in [2.05, 4.69) is 0 Å². The lowest BCUT2D eigenvalue weighted by Crippen LogP contribution is -3.00. The molecule has 0 atom stereocenters. The number of hydrogen-bond donors (Lipinski definition) is 0. The number of hydrogen-bond acceptors (Lipinski definition) is 2. The second kappa shape index (κ2) is 6.18. The number of pyridine rings is 1. The van der Waals surface area contributed by atoms with Gasteiger partial charge in [-0.1, -0.05) is 0 Å². The van der Waals surface area contributed by atoms with Crippen molar-refractivity contribution >= 4 is 5.97 Å². The van der Waals surface area contributed by atoms with Crippen LogP contribution in [0.4, 0.5) is 0 Å². The molecule has 0 saturated heterocycles. The fourth-order valence-electron chi connectivity index (χ4n) is 1.19. The van der Waals surface area contributed by atoms with Gasteiger partial charge in [0.15, 0.2) is 12.4 Å². The third-order valence-electron chi connectivity index (χ3n) is 1.82. The highest BCUT2D eigenvalue weighted by Gasteiger charge is 2.16. The molecule has 1 rings (SSSR count). The van der Waals surface area contributed by atoms with E-state index in [1.54, 1.807) is 0 Å². The van der Waals surface area contributed by atoms with Gasteiger partial charge in [-0.25, -0.2) is 4.57 Å². The lowest BCUT2D eigenvalue weighted by molar-refractivity contribution is -0.671. The molecule has 0 saturated carbocycles. The third-order valence-corrected chi connectivity index (χ3v) is 1.82. The van der Waals surface area contributed by atoms with Gasteiger partial charge in [0.25, 0.3) is 0 Å². The van der Waals surface area contributed by atoms with Gasteiger partial charge in [-0.3, -0.25) is 4.79 Å². The summed E-state index contributed by atoms with van der Waals surface area (Å²) in [7, 11) is 1.94. The van der Waals surface area contributed by atoms with Crippen molar-refractivity contribution in [2.45, 2.75) is 32.8 Å². The summed E-state index contributed by atoms with van der Waals surface area (Å²) in [6, 6.07) is 3.84. The molecule has 0 unspecified atom stereocenters. The SMILES string of the molecule is C[n+]1ccc(CC(=O)OC(C)(C)C)cc1.[I-]. The van der Waals surface area contributed by atoms with Gasteiger partial charge >= 0.3 is 5.97 Å². The van der Waals surface area contributed by atoms with Crippen LogP contribution in [0.15, 0.2) is 24.5 Å². The molecule has 1 aromatic rings. The van der Waals surface area contributed by atoms with Gasteiger partial charge in [0.2, 0.25) is 0 Å². The van der Waals surface area contributed by atoms with Crippen LogP contribution in [0.2, 0.25) is 0 Å². The molecule has 16 heavy (non-hydrogen) atoms. The molecule has 0 spiro atoms. The zero-order chi connectivity index (χ0) is 11.5. The van der Waals surface area contributed by atoms with E-state index < -0.39 is 5.60 Å². The van der Waals surface area contributed by atoms with E-state index in [1.165, 1.54) is 0 Å². The van der Waals surface area contributed by atoms with Gasteiger partial charge in [-0.05, 0) is 26.3 Å². The fourth-order valence-corrected chi connectivity index (χ4v) is 1.19. The number of aryl methyl sites for hydroxylation is 1. The van der Waals surface area contributed by atoms with Gasteiger partial charge in [0, 0.05) is 12.1 Å². The minimum absolute atomic E-state index is 0. The van der Waals surface area contributed by atoms with Crippen LogP contribution < -0.4 is 28.5 Å². The summed E-state index contributed by atoms with van der Waals surface area (Å²) < 4.78 is 7.16. The van der Waals surface area contributed by atoms with Crippen molar-refractivity contribution in [3.63, 3.8) is 0 Å². The number of rotatable bonds is 2. The number of carbonyl (C=O) groups excluding carboxylic acids is 1. The average Bonchev–Trinajstić information content (AvgIpc) is 2.05. The second-order valence-electron chi connectivity index (χ2n) is 4.64. The summed E-state index contributed by atoms with van der Waals surface area (Å²) in [5, 5.41) is 0. The van der Waals surface area contributed by atoms with E-state index in [0.29, 0.717) is 6.42 Å². The van der Waals surface area contributed by atoms with Crippen LogP contribution in [0.5, 0.6) is 0 Å². The summed E-state index contributed by atoms with van der Waals surface area (Å²) in [6.45, 7) is 5.61. The largest absolute Gasteiger partial charge is 1.00 e. The van der Waals surface area contributed by atoms with Crippen molar-refractivity contribution in [1.82, 2.24) is 0 Å². The molecule has 1 heterocycles. The maximum absolute atomic E-state index is 11.5. The van der Waals surface area contributed by atoms with Crippen LogP contribution in [0, 0.1) is 0 Å². The maximum Gasteiger partial charge on any atom is 0.310 e. The van der Waals surface area contributed by atoms with Crippen molar-refractivity contribution in [2.75, 3.05) is 0 Å². The molecule has 0 aliphatic carbocycles. The summed E-state index contributed by atoms with van der Waals surface area (Å²) >= 11 is 0. The monoisotopic (exact) mass is 335 g/mol. The highest BCUT2D eigenvalue weighted by atomic mass is 127. The first-order valence-corrected chi connectivity index (χ1v) is 5.03. The highest BCUT2D eigenvalue weighted by Crippen LogP contribution is 2.09. The first-order chi connectivity index (χ1) is 6.87. The first kappa shape index (κ1) is 15.3. The predicted octanol–water partition coefficient (Wildman–Crippen LogP) is -1.60. The number of halogens is 1. The molecule has 0 fully saturated rings. The molecule has 0 aromatic carbocycles. The van der Waals surface area contributed by atoms with Gasteiger partial charge in [0.1, 0.15) is 12.6 Å². The normalized spacial score (nSPS) is 10.5. The first-order valence-electron chi connectivity index (χ1n) is 5.03. The zero-order valence-corrected chi connectivity index (χ0v) is 12.3. The van der Waals surface area contributed by atoms with Crippen LogP contribution in [-0.2, 0) is 23.0 Å². The Morgan fingerprint density at radius 3 is 2.25 bits per heavy atom. The fraction of sp³-hybridized carbons (Fsp3) is 0.500. The molecule has 1 aromatic heterocycles. The third kappa shape index (κ3) is 6.05. The molecule has 0 aliphatic heterocycles. The molecule has 90 valence electrons. The van der Waals surface area contributed by atoms with Gasteiger partial charge < -0.3 is 28.7 Å². The van der Waals surface area contributed by atoms with E-state index in [0.717, 1.165) is 5.56 Å². The molecular formula is C12H18INO2.